The number of thioether (sulfide) groups is 2. The van der Waals surface area contributed by atoms with Crippen molar-refractivity contribution in [1.82, 2.24) is 10.6 Å². The highest BCUT2D eigenvalue weighted by atomic mass is 32.2. The van der Waals surface area contributed by atoms with Crippen molar-refractivity contribution in [3.63, 3.8) is 0 Å². The zero-order valence-corrected chi connectivity index (χ0v) is 14.1. The van der Waals surface area contributed by atoms with Gasteiger partial charge in [0, 0.05) is 18.1 Å². The number of hydrogen-bond donors (Lipinski definition) is 2. The van der Waals surface area contributed by atoms with Crippen LogP contribution in [0.2, 0.25) is 0 Å². The molecule has 2 N–H and O–H groups in total. The third kappa shape index (κ3) is 4.51. The predicted molar refractivity (Wildman–Crippen MR) is 95.5 cm³/mol. The van der Waals surface area contributed by atoms with E-state index in [2.05, 4.69) is 34.9 Å². The first-order valence-electron chi connectivity index (χ1n) is 7.69. The molecule has 2 aliphatic rings. The minimum atomic E-state index is 0.00459. The molecular weight excluding hydrogens is 314 g/mol. The molecule has 0 saturated carbocycles. The lowest BCUT2D eigenvalue weighted by molar-refractivity contribution is -0.122. The molecule has 1 fully saturated rings. The van der Waals surface area contributed by atoms with E-state index in [0.717, 1.165) is 35.3 Å². The standard InChI is InChI=1S/C16H21N3OS2/c20-15(14-7-4-8-17-14)18-9-13-11-22-16(19-13)21-10-12-5-2-1-3-6-12/h1-3,5-6,13-14,17H,4,7-11H2,(H,18,20)/t13-,14+/m1/s1. The predicted octanol–water partition coefficient (Wildman–Crippen LogP) is 2.26. The summed E-state index contributed by atoms with van der Waals surface area (Å²) in [5.41, 5.74) is 1.32. The van der Waals surface area contributed by atoms with E-state index in [1.807, 2.05) is 6.07 Å². The molecule has 3 rings (SSSR count). The highest BCUT2D eigenvalue weighted by Crippen LogP contribution is 2.28. The van der Waals surface area contributed by atoms with Crippen LogP contribution in [0.1, 0.15) is 18.4 Å². The van der Waals surface area contributed by atoms with Crippen molar-refractivity contribution >= 4 is 33.8 Å². The van der Waals surface area contributed by atoms with Crippen molar-refractivity contribution < 1.29 is 4.79 Å². The average molecular weight is 335 g/mol. The summed E-state index contributed by atoms with van der Waals surface area (Å²) in [5, 5.41) is 6.25. The molecule has 2 aliphatic heterocycles. The van der Waals surface area contributed by atoms with Gasteiger partial charge in [-0.2, -0.15) is 0 Å². The second-order valence-electron chi connectivity index (χ2n) is 5.53. The van der Waals surface area contributed by atoms with Crippen LogP contribution in [0.5, 0.6) is 0 Å². The van der Waals surface area contributed by atoms with Crippen LogP contribution in [-0.4, -0.2) is 41.2 Å². The molecule has 118 valence electrons. The molecule has 1 amide bonds. The van der Waals surface area contributed by atoms with Gasteiger partial charge >= 0.3 is 0 Å². The van der Waals surface area contributed by atoms with Gasteiger partial charge in [0.2, 0.25) is 5.91 Å². The van der Waals surface area contributed by atoms with Crippen molar-refractivity contribution in [2.45, 2.75) is 30.7 Å². The number of nitrogens with one attached hydrogen (secondary N) is 2. The minimum absolute atomic E-state index is 0.00459. The quantitative estimate of drug-likeness (QED) is 0.867. The summed E-state index contributed by atoms with van der Waals surface area (Å²) >= 11 is 3.59. The lowest BCUT2D eigenvalue weighted by Gasteiger charge is -2.12. The molecule has 0 spiro atoms. The SMILES string of the molecule is O=C(NC[C@@H]1CSC(SCc2ccccc2)=N1)[C@@H]1CCCN1. The largest absolute Gasteiger partial charge is 0.353 e. The Morgan fingerprint density at radius 2 is 2.27 bits per heavy atom. The third-order valence-corrected chi connectivity index (χ3v) is 6.22. The minimum Gasteiger partial charge on any atom is -0.353 e. The van der Waals surface area contributed by atoms with E-state index < -0.39 is 0 Å². The number of rotatable bonds is 5. The van der Waals surface area contributed by atoms with Gasteiger partial charge in [0.25, 0.3) is 0 Å². The Morgan fingerprint density at radius 3 is 3.05 bits per heavy atom. The van der Waals surface area contributed by atoms with E-state index in [1.54, 1.807) is 23.5 Å². The molecule has 2 atom stereocenters. The second-order valence-corrected chi connectivity index (χ2v) is 7.76. The lowest BCUT2D eigenvalue weighted by Crippen LogP contribution is -2.43. The number of carbonyl (C=O) groups is 1. The molecule has 2 heterocycles. The van der Waals surface area contributed by atoms with E-state index in [-0.39, 0.29) is 18.0 Å². The fraction of sp³-hybridized carbons (Fsp3) is 0.500. The van der Waals surface area contributed by atoms with Gasteiger partial charge < -0.3 is 10.6 Å². The van der Waals surface area contributed by atoms with Crippen molar-refractivity contribution in [1.29, 1.82) is 0 Å². The highest BCUT2D eigenvalue weighted by Gasteiger charge is 2.24. The van der Waals surface area contributed by atoms with Gasteiger partial charge in [-0.3, -0.25) is 9.79 Å². The number of carbonyl (C=O) groups excluding carboxylic acids is 1. The molecule has 6 heteroatoms. The van der Waals surface area contributed by atoms with Crippen LogP contribution in [-0.2, 0) is 10.5 Å². The fourth-order valence-electron chi connectivity index (χ4n) is 2.54. The molecule has 1 saturated heterocycles. The molecule has 0 bridgehead atoms. The molecular formula is C16H21N3OS2. The fourth-order valence-corrected chi connectivity index (χ4v) is 4.72. The van der Waals surface area contributed by atoms with Crippen LogP contribution in [0.15, 0.2) is 35.3 Å². The summed E-state index contributed by atoms with van der Waals surface area (Å²) in [6.07, 6.45) is 2.04. The normalized spacial score (nSPS) is 24.3. The van der Waals surface area contributed by atoms with E-state index >= 15 is 0 Å². The Morgan fingerprint density at radius 1 is 1.41 bits per heavy atom. The van der Waals surface area contributed by atoms with Crippen LogP contribution in [0, 0.1) is 0 Å². The molecule has 22 heavy (non-hydrogen) atoms. The Bertz CT molecular complexity index is 529. The summed E-state index contributed by atoms with van der Waals surface area (Å²) in [7, 11) is 0. The van der Waals surface area contributed by atoms with E-state index in [1.165, 1.54) is 5.56 Å². The molecule has 0 aliphatic carbocycles. The van der Waals surface area contributed by atoms with Crippen molar-refractivity contribution in [2.24, 2.45) is 4.99 Å². The second kappa shape index (κ2) is 8.04. The number of aliphatic imine (C=N–C) groups is 1. The number of nitrogens with zero attached hydrogens (tertiary/aromatic N) is 1. The molecule has 4 nitrogen and oxygen atoms in total. The number of benzene rings is 1. The van der Waals surface area contributed by atoms with E-state index in [9.17, 15) is 4.79 Å². The van der Waals surface area contributed by atoms with E-state index in [4.69, 9.17) is 4.99 Å². The van der Waals surface area contributed by atoms with Gasteiger partial charge in [0.1, 0.15) is 4.38 Å². The zero-order valence-electron chi connectivity index (χ0n) is 12.5. The maximum Gasteiger partial charge on any atom is 0.237 e. The van der Waals surface area contributed by atoms with Crippen molar-refractivity contribution in [3.8, 4) is 0 Å². The molecule has 1 aromatic carbocycles. The average Bonchev–Trinajstić information content (AvgIpc) is 3.23. The van der Waals surface area contributed by atoms with Crippen LogP contribution in [0.4, 0.5) is 0 Å². The third-order valence-electron chi connectivity index (χ3n) is 3.78. The number of hydrogen-bond acceptors (Lipinski definition) is 5. The molecule has 1 aromatic rings. The van der Waals surface area contributed by atoms with E-state index in [0.29, 0.717) is 6.54 Å². The Labute approximate surface area is 139 Å². The first-order chi connectivity index (χ1) is 10.8. The van der Waals surface area contributed by atoms with Crippen LogP contribution >= 0.6 is 23.5 Å². The highest BCUT2D eigenvalue weighted by molar-refractivity contribution is 8.38. The summed E-state index contributed by atoms with van der Waals surface area (Å²) in [6.45, 7) is 1.61. The topological polar surface area (TPSA) is 53.5 Å². The van der Waals surface area contributed by atoms with Gasteiger partial charge in [-0.05, 0) is 24.9 Å². The maximum absolute atomic E-state index is 12.0. The Hall–Kier alpha value is -0.980. The van der Waals surface area contributed by atoms with Crippen molar-refractivity contribution in [3.05, 3.63) is 35.9 Å². The van der Waals surface area contributed by atoms with Gasteiger partial charge in [-0.1, -0.05) is 53.9 Å². The van der Waals surface area contributed by atoms with Crippen LogP contribution in [0.25, 0.3) is 0 Å². The number of amides is 1. The van der Waals surface area contributed by atoms with Crippen molar-refractivity contribution in [2.75, 3.05) is 18.8 Å². The summed E-state index contributed by atoms with van der Waals surface area (Å²) < 4.78 is 1.14. The van der Waals surface area contributed by atoms with Gasteiger partial charge in [-0.15, -0.1) is 0 Å². The summed E-state index contributed by atoms with van der Waals surface area (Å²) in [4.78, 5) is 16.7. The first kappa shape index (κ1) is 15.9. The smallest absolute Gasteiger partial charge is 0.237 e. The molecule has 0 radical (unpaired) electrons. The van der Waals surface area contributed by atoms with Gasteiger partial charge in [0.15, 0.2) is 0 Å². The lowest BCUT2D eigenvalue weighted by atomic mass is 10.2. The van der Waals surface area contributed by atoms with Crippen LogP contribution < -0.4 is 10.6 Å². The van der Waals surface area contributed by atoms with Gasteiger partial charge in [0.05, 0.1) is 12.1 Å². The Balaban J connectivity index is 1.40. The zero-order chi connectivity index (χ0) is 15.2. The van der Waals surface area contributed by atoms with Crippen LogP contribution in [0.3, 0.4) is 0 Å². The maximum atomic E-state index is 12.0. The monoisotopic (exact) mass is 335 g/mol. The first-order valence-corrected chi connectivity index (χ1v) is 9.67. The molecule has 0 aromatic heterocycles. The summed E-state index contributed by atoms with van der Waals surface area (Å²) in [5.74, 6) is 2.05. The Kier molecular flexibility index (Phi) is 5.81. The summed E-state index contributed by atoms with van der Waals surface area (Å²) in [6, 6.07) is 10.7. The molecule has 0 unspecified atom stereocenters. The van der Waals surface area contributed by atoms with Gasteiger partial charge in [-0.25, -0.2) is 0 Å².